The number of hydrogen-bond acceptors (Lipinski definition) is 2. The average molecular weight is 228 g/mol. The third kappa shape index (κ3) is 3.50. The molecule has 4 heteroatoms. The summed E-state index contributed by atoms with van der Waals surface area (Å²) in [4.78, 5) is 2.53. The van der Waals surface area contributed by atoms with Crippen molar-refractivity contribution in [1.29, 1.82) is 0 Å². The molecule has 1 aromatic rings. The molecule has 0 aromatic carbocycles. The summed E-state index contributed by atoms with van der Waals surface area (Å²) in [5.41, 5.74) is 0. The molecule has 1 aliphatic rings. The van der Waals surface area contributed by atoms with E-state index in [4.69, 9.17) is 11.6 Å². The van der Waals surface area contributed by atoms with E-state index in [-0.39, 0.29) is 0 Å². The molecule has 0 bridgehead atoms. The van der Waals surface area contributed by atoms with Gasteiger partial charge in [0, 0.05) is 12.7 Å². The first kappa shape index (κ1) is 11.0. The molecule has 0 aliphatic carbocycles. The topological polar surface area (TPSA) is 21.1 Å². The second kappa shape index (κ2) is 5.52. The molecule has 84 valence electrons. The van der Waals surface area contributed by atoms with Gasteiger partial charge in [-0.25, -0.2) is 0 Å². The first-order chi connectivity index (χ1) is 7.34. The van der Waals surface area contributed by atoms with Crippen LogP contribution >= 0.6 is 11.6 Å². The summed E-state index contributed by atoms with van der Waals surface area (Å²) in [5.74, 6) is 0. The van der Waals surface area contributed by atoms with Gasteiger partial charge in [-0.05, 0) is 32.0 Å². The normalized spacial score (nSPS) is 19.0. The third-order valence-electron chi connectivity index (χ3n) is 2.95. The van der Waals surface area contributed by atoms with Crippen molar-refractivity contribution in [2.24, 2.45) is 0 Å². The van der Waals surface area contributed by atoms with Gasteiger partial charge in [0.05, 0.1) is 6.54 Å². The highest BCUT2D eigenvalue weighted by atomic mass is 35.5. The number of aromatic nitrogens is 2. The van der Waals surface area contributed by atoms with Crippen molar-refractivity contribution in [1.82, 2.24) is 14.7 Å². The van der Waals surface area contributed by atoms with Gasteiger partial charge in [0.2, 0.25) is 0 Å². The van der Waals surface area contributed by atoms with Crippen molar-refractivity contribution in [2.45, 2.75) is 32.2 Å². The molecule has 1 fully saturated rings. The highest BCUT2D eigenvalue weighted by molar-refractivity contribution is 6.29. The summed E-state index contributed by atoms with van der Waals surface area (Å²) in [6, 6.07) is 1.84. The maximum Gasteiger partial charge on any atom is 0.151 e. The maximum atomic E-state index is 5.76. The molecule has 0 amide bonds. The van der Waals surface area contributed by atoms with Crippen molar-refractivity contribution in [3.8, 4) is 0 Å². The minimum atomic E-state index is 0.589. The quantitative estimate of drug-likeness (QED) is 0.791. The number of nitrogens with zero attached hydrogens (tertiary/aromatic N) is 3. The summed E-state index contributed by atoms with van der Waals surface area (Å²) in [5, 5.41) is 4.76. The van der Waals surface area contributed by atoms with Crippen molar-refractivity contribution in [3.63, 3.8) is 0 Å². The zero-order valence-electron chi connectivity index (χ0n) is 9.03. The fraction of sp³-hybridized carbons (Fsp3) is 0.727. The fourth-order valence-corrected chi connectivity index (χ4v) is 2.22. The smallest absolute Gasteiger partial charge is 0.151 e. The van der Waals surface area contributed by atoms with E-state index in [0.717, 1.165) is 13.1 Å². The second-order valence-electron chi connectivity index (χ2n) is 4.16. The molecular formula is C11H18ClN3. The number of hydrogen-bond donors (Lipinski definition) is 0. The average Bonchev–Trinajstić information content (AvgIpc) is 2.52. The Hall–Kier alpha value is -0.540. The third-order valence-corrected chi connectivity index (χ3v) is 3.15. The molecule has 0 spiro atoms. The Morgan fingerprint density at radius 2 is 1.87 bits per heavy atom. The van der Waals surface area contributed by atoms with E-state index in [1.807, 2.05) is 16.9 Å². The minimum absolute atomic E-state index is 0.589. The Bertz CT molecular complexity index is 290. The Morgan fingerprint density at radius 3 is 2.47 bits per heavy atom. The van der Waals surface area contributed by atoms with E-state index in [9.17, 15) is 0 Å². The number of likely N-dealkylation sites (tertiary alicyclic amines) is 1. The van der Waals surface area contributed by atoms with Crippen LogP contribution < -0.4 is 0 Å². The van der Waals surface area contributed by atoms with Crippen LogP contribution in [0.25, 0.3) is 0 Å². The highest BCUT2D eigenvalue weighted by Gasteiger charge is 2.08. The van der Waals surface area contributed by atoms with Crippen LogP contribution in [0.2, 0.25) is 5.15 Å². The monoisotopic (exact) mass is 227 g/mol. The van der Waals surface area contributed by atoms with E-state index in [1.165, 1.54) is 38.8 Å². The van der Waals surface area contributed by atoms with Gasteiger partial charge in [-0.1, -0.05) is 24.4 Å². The van der Waals surface area contributed by atoms with Crippen LogP contribution in [0.3, 0.4) is 0 Å². The van der Waals surface area contributed by atoms with Crippen LogP contribution in [-0.4, -0.2) is 34.3 Å². The lowest BCUT2D eigenvalue weighted by atomic mass is 10.2. The van der Waals surface area contributed by atoms with Crippen LogP contribution in [0.1, 0.15) is 25.7 Å². The lowest BCUT2D eigenvalue weighted by Gasteiger charge is -2.19. The van der Waals surface area contributed by atoms with Crippen LogP contribution in [0.15, 0.2) is 12.3 Å². The van der Waals surface area contributed by atoms with Crippen molar-refractivity contribution >= 4 is 11.6 Å². The van der Waals surface area contributed by atoms with E-state index < -0.39 is 0 Å². The lowest BCUT2D eigenvalue weighted by molar-refractivity contribution is 0.268. The second-order valence-corrected chi connectivity index (χ2v) is 4.54. The molecule has 0 unspecified atom stereocenters. The molecule has 1 aromatic heterocycles. The van der Waals surface area contributed by atoms with E-state index in [0.29, 0.717) is 5.15 Å². The number of rotatable bonds is 3. The van der Waals surface area contributed by atoms with Crippen molar-refractivity contribution in [3.05, 3.63) is 17.4 Å². The van der Waals surface area contributed by atoms with Gasteiger partial charge in [-0.2, -0.15) is 5.10 Å². The SMILES string of the molecule is Clc1ccn(CCN2CCCCCC2)n1. The molecule has 2 rings (SSSR count). The molecule has 15 heavy (non-hydrogen) atoms. The minimum Gasteiger partial charge on any atom is -0.301 e. The lowest BCUT2D eigenvalue weighted by Crippen LogP contribution is -2.28. The van der Waals surface area contributed by atoms with Crippen LogP contribution in [-0.2, 0) is 6.54 Å². The van der Waals surface area contributed by atoms with Gasteiger partial charge in [0.25, 0.3) is 0 Å². The molecule has 0 saturated carbocycles. The van der Waals surface area contributed by atoms with E-state index in [1.54, 1.807) is 0 Å². The van der Waals surface area contributed by atoms with Gasteiger partial charge in [-0.3, -0.25) is 4.68 Å². The Kier molecular flexibility index (Phi) is 4.03. The first-order valence-corrected chi connectivity index (χ1v) is 6.14. The number of halogens is 1. The highest BCUT2D eigenvalue weighted by Crippen LogP contribution is 2.09. The molecule has 1 aliphatic heterocycles. The van der Waals surface area contributed by atoms with Crippen LogP contribution in [0, 0.1) is 0 Å². The van der Waals surface area contributed by atoms with E-state index in [2.05, 4.69) is 10.00 Å². The van der Waals surface area contributed by atoms with Gasteiger partial charge in [0.1, 0.15) is 0 Å². The molecule has 1 saturated heterocycles. The van der Waals surface area contributed by atoms with Crippen LogP contribution in [0.5, 0.6) is 0 Å². The molecule has 3 nitrogen and oxygen atoms in total. The largest absolute Gasteiger partial charge is 0.301 e. The summed E-state index contributed by atoms with van der Waals surface area (Å²) in [7, 11) is 0. The summed E-state index contributed by atoms with van der Waals surface area (Å²) < 4.78 is 1.92. The zero-order valence-corrected chi connectivity index (χ0v) is 9.79. The Labute approximate surface area is 96.0 Å². The summed E-state index contributed by atoms with van der Waals surface area (Å²) in [6.45, 7) is 4.54. The molecule has 0 radical (unpaired) electrons. The predicted molar refractivity (Wildman–Crippen MR) is 62.1 cm³/mol. The maximum absolute atomic E-state index is 5.76. The summed E-state index contributed by atoms with van der Waals surface area (Å²) >= 11 is 5.76. The fourth-order valence-electron chi connectivity index (χ4n) is 2.07. The molecule has 0 N–H and O–H groups in total. The first-order valence-electron chi connectivity index (χ1n) is 5.76. The Balaban J connectivity index is 1.76. The molecular weight excluding hydrogens is 210 g/mol. The van der Waals surface area contributed by atoms with Gasteiger partial charge in [0.15, 0.2) is 5.15 Å². The molecule has 2 heterocycles. The summed E-state index contributed by atoms with van der Waals surface area (Å²) in [6.07, 6.45) is 7.42. The standard InChI is InChI=1S/C11H18ClN3/c12-11-5-8-15(13-11)10-9-14-6-3-1-2-4-7-14/h5,8H,1-4,6-7,9-10H2. The zero-order chi connectivity index (χ0) is 10.5. The van der Waals surface area contributed by atoms with Crippen LogP contribution in [0.4, 0.5) is 0 Å². The van der Waals surface area contributed by atoms with Gasteiger partial charge < -0.3 is 4.90 Å². The van der Waals surface area contributed by atoms with Crippen molar-refractivity contribution in [2.75, 3.05) is 19.6 Å². The van der Waals surface area contributed by atoms with Crippen molar-refractivity contribution < 1.29 is 0 Å². The molecule has 0 atom stereocenters. The Morgan fingerprint density at radius 1 is 1.13 bits per heavy atom. The predicted octanol–water partition coefficient (Wildman–Crippen LogP) is 2.41. The van der Waals surface area contributed by atoms with Gasteiger partial charge >= 0.3 is 0 Å². The van der Waals surface area contributed by atoms with E-state index >= 15 is 0 Å². The van der Waals surface area contributed by atoms with Gasteiger partial charge in [-0.15, -0.1) is 0 Å².